The number of benzene rings is 1. The lowest BCUT2D eigenvalue weighted by molar-refractivity contribution is -0.131. The number of carbonyl (C=O) groups excluding carboxylic acids is 1. The summed E-state index contributed by atoms with van der Waals surface area (Å²) in [6.07, 6.45) is 0.573. The van der Waals surface area contributed by atoms with Crippen LogP contribution in [0.5, 0.6) is 0 Å². The minimum absolute atomic E-state index is 0.0398. The molecule has 0 bridgehead atoms. The molecule has 1 aromatic rings. The van der Waals surface area contributed by atoms with E-state index in [2.05, 4.69) is 0 Å². The quantitative estimate of drug-likeness (QED) is 0.752. The maximum atomic E-state index is 12.2. The number of rotatable bonds is 7. The minimum atomic E-state index is -0.0398. The molecule has 0 aromatic heterocycles. The largest absolute Gasteiger partial charge is 0.383 e. The Morgan fingerprint density at radius 1 is 1.25 bits per heavy atom. The lowest BCUT2D eigenvalue weighted by Gasteiger charge is -2.21. The summed E-state index contributed by atoms with van der Waals surface area (Å²) in [6.45, 7) is 1.34. The van der Waals surface area contributed by atoms with Gasteiger partial charge in [-0.05, 0) is 17.7 Å². The molecule has 20 heavy (non-hydrogen) atoms. The molecule has 0 N–H and O–H groups in total. The predicted octanol–water partition coefficient (Wildman–Crippen LogP) is 1.49. The van der Waals surface area contributed by atoms with Gasteiger partial charge in [-0.1, -0.05) is 12.1 Å². The van der Waals surface area contributed by atoms with Crippen LogP contribution < -0.4 is 0 Å². The Balaban J connectivity index is 2.63. The average Bonchev–Trinajstić information content (AvgIpc) is 2.48. The molecule has 0 spiro atoms. The molecule has 0 heterocycles. The SMILES string of the molecule is COCCN(CCC#N)C(=O)Cc1ccc(C#N)cc1. The summed E-state index contributed by atoms with van der Waals surface area (Å²) in [5.74, 6) is -0.0398. The average molecular weight is 271 g/mol. The Morgan fingerprint density at radius 3 is 2.50 bits per heavy atom. The first-order valence-electron chi connectivity index (χ1n) is 6.34. The zero-order valence-electron chi connectivity index (χ0n) is 11.5. The van der Waals surface area contributed by atoms with E-state index < -0.39 is 0 Å². The summed E-state index contributed by atoms with van der Waals surface area (Å²) in [5.41, 5.74) is 1.43. The Bertz CT molecular complexity index is 511. The number of amides is 1. The van der Waals surface area contributed by atoms with E-state index in [1.54, 1.807) is 36.3 Å². The van der Waals surface area contributed by atoms with Gasteiger partial charge in [0.25, 0.3) is 0 Å². The van der Waals surface area contributed by atoms with E-state index in [9.17, 15) is 4.79 Å². The van der Waals surface area contributed by atoms with Crippen molar-refractivity contribution in [2.24, 2.45) is 0 Å². The fourth-order valence-corrected chi connectivity index (χ4v) is 1.73. The molecule has 5 heteroatoms. The molecule has 0 aliphatic rings. The zero-order chi connectivity index (χ0) is 14.8. The smallest absolute Gasteiger partial charge is 0.227 e. The van der Waals surface area contributed by atoms with Crippen LogP contribution in [0.3, 0.4) is 0 Å². The van der Waals surface area contributed by atoms with Crippen molar-refractivity contribution in [1.82, 2.24) is 4.90 Å². The molecule has 0 unspecified atom stereocenters. The van der Waals surface area contributed by atoms with Gasteiger partial charge in [0.15, 0.2) is 0 Å². The first-order chi connectivity index (χ1) is 9.71. The van der Waals surface area contributed by atoms with Gasteiger partial charge in [-0.3, -0.25) is 4.79 Å². The van der Waals surface area contributed by atoms with Crippen LogP contribution in [-0.4, -0.2) is 37.6 Å². The summed E-state index contributed by atoms with van der Waals surface area (Å²) >= 11 is 0. The van der Waals surface area contributed by atoms with Crippen LogP contribution >= 0.6 is 0 Å². The standard InChI is InChI=1S/C15H17N3O2/c1-20-10-9-18(8-2-7-16)15(19)11-13-3-5-14(12-17)6-4-13/h3-6H,2,8-11H2,1H3. The van der Waals surface area contributed by atoms with Gasteiger partial charge in [-0.15, -0.1) is 0 Å². The highest BCUT2D eigenvalue weighted by Gasteiger charge is 2.13. The Morgan fingerprint density at radius 2 is 1.95 bits per heavy atom. The van der Waals surface area contributed by atoms with E-state index in [4.69, 9.17) is 15.3 Å². The van der Waals surface area contributed by atoms with Crippen molar-refractivity contribution in [2.45, 2.75) is 12.8 Å². The fourth-order valence-electron chi connectivity index (χ4n) is 1.73. The van der Waals surface area contributed by atoms with Gasteiger partial charge in [0.2, 0.25) is 5.91 Å². The summed E-state index contributed by atoms with van der Waals surface area (Å²) in [5, 5.41) is 17.3. The van der Waals surface area contributed by atoms with Crippen molar-refractivity contribution in [3.63, 3.8) is 0 Å². The van der Waals surface area contributed by atoms with E-state index >= 15 is 0 Å². The molecule has 1 amide bonds. The van der Waals surface area contributed by atoms with Gasteiger partial charge in [-0.2, -0.15) is 10.5 Å². The summed E-state index contributed by atoms with van der Waals surface area (Å²) in [4.78, 5) is 13.8. The van der Waals surface area contributed by atoms with Crippen molar-refractivity contribution in [3.8, 4) is 12.1 Å². The van der Waals surface area contributed by atoms with Crippen molar-refractivity contribution in [2.75, 3.05) is 26.8 Å². The number of hydrogen-bond donors (Lipinski definition) is 0. The van der Waals surface area contributed by atoms with E-state index in [-0.39, 0.29) is 12.3 Å². The first kappa shape index (κ1) is 15.7. The van der Waals surface area contributed by atoms with Crippen LogP contribution in [0.15, 0.2) is 24.3 Å². The number of methoxy groups -OCH3 is 1. The van der Waals surface area contributed by atoms with Crippen LogP contribution in [0.25, 0.3) is 0 Å². The highest BCUT2D eigenvalue weighted by molar-refractivity contribution is 5.78. The van der Waals surface area contributed by atoms with Gasteiger partial charge in [-0.25, -0.2) is 0 Å². The molecule has 0 fully saturated rings. The second-order valence-electron chi connectivity index (χ2n) is 4.27. The number of carbonyl (C=O) groups is 1. The lowest BCUT2D eigenvalue weighted by Crippen LogP contribution is -2.35. The molecule has 104 valence electrons. The van der Waals surface area contributed by atoms with E-state index in [1.807, 2.05) is 12.1 Å². The van der Waals surface area contributed by atoms with Crippen LogP contribution in [-0.2, 0) is 16.0 Å². The van der Waals surface area contributed by atoms with Crippen molar-refractivity contribution >= 4 is 5.91 Å². The monoisotopic (exact) mass is 271 g/mol. The van der Waals surface area contributed by atoms with Crippen molar-refractivity contribution in [3.05, 3.63) is 35.4 Å². The number of hydrogen-bond acceptors (Lipinski definition) is 4. The topological polar surface area (TPSA) is 77.1 Å². The first-order valence-corrected chi connectivity index (χ1v) is 6.34. The predicted molar refractivity (Wildman–Crippen MR) is 73.5 cm³/mol. The normalized spacial score (nSPS) is 9.55. The van der Waals surface area contributed by atoms with Gasteiger partial charge < -0.3 is 9.64 Å². The Hall–Kier alpha value is -2.37. The maximum Gasteiger partial charge on any atom is 0.227 e. The van der Waals surface area contributed by atoms with Gasteiger partial charge in [0, 0.05) is 20.2 Å². The van der Waals surface area contributed by atoms with Gasteiger partial charge in [0.1, 0.15) is 0 Å². The van der Waals surface area contributed by atoms with Crippen LogP contribution in [0.4, 0.5) is 0 Å². The number of nitriles is 2. The number of ether oxygens (including phenoxy) is 1. The van der Waals surface area contributed by atoms with Gasteiger partial charge in [0.05, 0.1) is 37.2 Å². The molecule has 0 atom stereocenters. The van der Waals surface area contributed by atoms with E-state index in [0.29, 0.717) is 31.7 Å². The van der Waals surface area contributed by atoms with E-state index in [1.165, 1.54) is 0 Å². The molecular weight excluding hydrogens is 254 g/mol. The maximum absolute atomic E-state index is 12.2. The molecule has 5 nitrogen and oxygen atoms in total. The molecule has 0 aliphatic carbocycles. The molecule has 0 saturated carbocycles. The molecule has 0 aliphatic heterocycles. The van der Waals surface area contributed by atoms with Crippen LogP contribution in [0, 0.1) is 22.7 Å². The van der Waals surface area contributed by atoms with E-state index in [0.717, 1.165) is 5.56 Å². The highest BCUT2D eigenvalue weighted by atomic mass is 16.5. The van der Waals surface area contributed by atoms with Crippen molar-refractivity contribution < 1.29 is 9.53 Å². The summed E-state index contributed by atoms with van der Waals surface area (Å²) < 4.78 is 4.97. The second kappa shape index (κ2) is 8.68. The molecular formula is C15H17N3O2. The Kier molecular flexibility index (Phi) is 6.81. The fraction of sp³-hybridized carbons (Fsp3) is 0.400. The zero-order valence-corrected chi connectivity index (χ0v) is 11.5. The molecule has 1 aromatic carbocycles. The molecule has 0 radical (unpaired) electrons. The third kappa shape index (κ3) is 5.09. The minimum Gasteiger partial charge on any atom is -0.383 e. The third-order valence-electron chi connectivity index (χ3n) is 2.85. The summed E-state index contributed by atoms with van der Waals surface area (Å²) in [7, 11) is 1.58. The Labute approximate surface area is 119 Å². The second-order valence-corrected chi connectivity index (χ2v) is 4.27. The molecule has 1 rings (SSSR count). The van der Waals surface area contributed by atoms with Crippen molar-refractivity contribution in [1.29, 1.82) is 10.5 Å². The van der Waals surface area contributed by atoms with Crippen LogP contribution in [0.1, 0.15) is 17.5 Å². The number of nitrogens with zero attached hydrogens (tertiary/aromatic N) is 3. The summed E-state index contributed by atoms with van der Waals surface area (Å²) in [6, 6.07) is 11.0. The lowest BCUT2D eigenvalue weighted by atomic mass is 10.1. The highest BCUT2D eigenvalue weighted by Crippen LogP contribution is 2.06. The van der Waals surface area contributed by atoms with Gasteiger partial charge >= 0.3 is 0 Å². The molecule has 0 saturated heterocycles. The third-order valence-corrected chi connectivity index (χ3v) is 2.85. The van der Waals surface area contributed by atoms with Crippen LogP contribution in [0.2, 0.25) is 0 Å².